The van der Waals surface area contributed by atoms with Crippen LogP contribution in [0.4, 0.5) is 5.69 Å². The zero-order chi connectivity index (χ0) is 16.7. The monoisotopic (exact) mass is 319 g/mol. The lowest BCUT2D eigenvalue weighted by atomic mass is 10.2. The van der Waals surface area contributed by atoms with E-state index in [1.807, 2.05) is 0 Å². The van der Waals surface area contributed by atoms with Crippen LogP contribution in [0, 0.1) is 0 Å². The highest BCUT2D eigenvalue weighted by Gasteiger charge is 2.18. The van der Waals surface area contributed by atoms with Gasteiger partial charge >= 0.3 is 5.97 Å². The summed E-state index contributed by atoms with van der Waals surface area (Å²) in [7, 11) is 1.31. The molecule has 7 heteroatoms. The van der Waals surface area contributed by atoms with Gasteiger partial charge in [0.2, 0.25) is 11.8 Å². The van der Waals surface area contributed by atoms with E-state index in [1.165, 1.54) is 7.11 Å². The molecule has 0 spiro atoms. The Balaban J connectivity index is 1.75. The minimum Gasteiger partial charge on any atom is -0.465 e. The SMILES string of the molecule is COC(=O)c1cccc(NCC(=O)NCC(=O)N2CCCC2)c1. The molecule has 7 nitrogen and oxygen atoms in total. The van der Waals surface area contributed by atoms with Gasteiger partial charge in [-0.05, 0) is 31.0 Å². The average molecular weight is 319 g/mol. The van der Waals surface area contributed by atoms with Crippen LogP contribution in [0.15, 0.2) is 24.3 Å². The maximum absolute atomic E-state index is 11.8. The van der Waals surface area contributed by atoms with Gasteiger partial charge < -0.3 is 20.3 Å². The van der Waals surface area contributed by atoms with E-state index >= 15 is 0 Å². The molecule has 0 radical (unpaired) electrons. The molecule has 0 atom stereocenters. The fraction of sp³-hybridized carbons (Fsp3) is 0.438. The second-order valence-electron chi connectivity index (χ2n) is 5.29. The van der Waals surface area contributed by atoms with Gasteiger partial charge in [0, 0.05) is 18.8 Å². The number of carbonyl (C=O) groups is 3. The summed E-state index contributed by atoms with van der Waals surface area (Å²) in [5.74, 6) is -0.765. The molecular weight excluding hydrogens is 298 g/mol. The van der Waals surface area contributed by atoms with Gasteiger partial charge in [0.15, 0.2) is 0 Å². The number of hydrogen-bond donors (Lipinski definition) is 2. The molecule has 2 N–H and O–H groups in total. The topological polar surface area (TPSA) is 87.7 Å². The average Bonchev–Trinajstić information content (AvgIpc) is 3.12. The van der Waals surface area contributed by atoms with E-state index in [9.17, 15) is 14.4 Å². The van der Waals surface area contributed by atoms with Crippen LogP contribution in [0.25, 0.3) is 0 Å². The van der Waals surface area contributed by atoms with E-state index in [4.69, 9.17) is 0 Å². The van der Waals surface area contributed by atoms with Crippen molar-refractivity contribution >= 4 is 23.5 Å². The van der Waals surface area contributed by atoms with Gasteiger partial charge in [-0.3, -0.25) is 9.59 Å². The van der Waals surface area contributed by atoms with Crippen molar-refractivity contribution in [2.24, 2.45) is 0 Å². The minimum atomic E-state index is -0.436. The maximum Gasteiger partial charge on any atom is 0.337 e. The van der Waals surface area contributed by atoms with E-state index in [2.05, 4.69) is 15.4 Å². The third-order valence-electron chi connectivity index (χ3n) is 3.63. The lowest BCUT2D eigenvalue weighted by Crippen LogP contribution is -2.40. The summed E-state index contributed by atoms with van der Waals surface area (Å²) in [5.41, 5.74) is 1.04. The van der Waals surface area contributed by atoms with Crippen molar-refractivity contribution in [2.45, 2.75) is 12.8 Å². The molecule has 124 valence electrons. The van der Waals surface area contributed by atoms with Crippen molar-refractivity contribution < 1.29 is 19.1 Å². The summed E-state index contributed by atoms with van der Waals surface area (Å²) >= 11 is 0. The molecule has 1 saturated heterocycles. The number of hydrogen-bond acceptors (Lipinski definition) is 5. The van der Waals surface area contributed by atoms with Gasteiger partial charge in [0.25, 0.3) is 0 Å². The Kier molecular flexibility index (Phi) is 5.96. The number of nitrogens with one attached hydrogen (secondary N) is 2. The summed E-state index contributed by atoms with van der Waals surface area (Å²) in [6.45, 7) is 1.58. The number of nitrogens with zero attached hydrogens (tertiary/aromatic N) is 1. The standard InChI is InChI=1S/C16H21N3O4/c1-23-16(22)12-5-4-6-13(9-12)17-10-14(20)18-11-15(21)19-7-2-3-8-19/h4-6,9,17H,2-3,7-8,10-11H2,1H3,(H,18,20). The number of esters is 1. The first-order valence-electron chi connectivity index (χ1n) is 7.57. The number of benzene rings is 1. The van der Waals surface area contributed by atoms with Crippen LogP contribution < -0.4 is 10.6 Å². The number of amides is 2. The Hall–Kier alpha value is -2.57. The number of rotatable bonds is 6. The van der Waals surface area contributed by atoms with Crippen LogP contribution in [0.3, 0.4) is 0 Å². The number of anilines is 1. The summed E-state index contributed by atoms with van der Waals surface area (Å²) in [5, 5.41) is 5.51. The van der Waals surface area contributed by atoms with Crippen LogP contribution in [-0.2, 0) is 14.3 Å². The predicted octanol–water partition coefficient (Wildman–Crippen LogP) is 0.624. The fourth-order valence-corrected chi connectivity index (χ4v) is 2.37. The molecule has 2 amide bonds. The third kappa shape index (κ3) is 4.98. The molecule has 0 saturated carbocycles. The van der Waals surface area contributed by atoms with Gasteiger partial charge in [-0.2, -0.15) is 0 Å². The second kappa shape index (κ2) is 8.17. The Morgan fingerprint density at radius 2 is 1.91 bits per heavy atom. The number of methoxy groups -OCH3 is 1. The van der Waals surface area contributed by atoms with E-state index < -0.39 is 5.97 Å². The van der Waals surface area contributed by atoms with Crippen LogP contribution in [0.2, 0.25) is 0 Å². The van der Waals surface area contributed by atoms with Crippen molar-refractivity contribution in [1.29, 1.82) is 0 Å². The molecule has 1 aliphatic rings. The van der Waals surface area contributed by atoms with E-state index in [0.29, 0.717) is 11.3 Å². The first kappa shape index (κ1) is 16.8. The number of carbonyl (C=O) groups excluding carboxylic acids is 3. The van der Waals surface area contributed by atoms with E-state index in [-0.39, 0.29) is 24.9 Å². The molecule has 1 aromatic carbocycles. The minimum absolute atomic E-state index is 0.0166. The molecule has 1 fully saturated rings. The molecular formula is C16H21N3O4. The summed E-state index contributed by atoms with van der Waals surface area (Å²) < 4.78 is 4.64. The fourth-order valence-electron chi connectivity index (χ4n) is 2.37. The summed E-state index contributed by atoms with van der Waals surface area (Å²) in [4.78, 5) is 36.8. The van der Waals surface area contributed by atoms with Gasteiger partial charge in [-0.25, -0.2) is 4.79 Å². The molecule has 1 aliphatic heterocycles. The van der Waals surface area contributed by atoms with Crippen molar-refractivity contribution in [3.63, 3.8) is 0 Å². The highest BCUT2D eigenvalue weighted by Crippen LogP contribution is 2.11. The van der Waals surface area contributed by atoms with Crippen LogP contribution in [-0.4, -0.2) is 56.0 Å². The van der Waals surface area contributed by atoms with Gasteiger partial charge in [-0.15, -0.1) is 0 Å². The molecule has 1 heterocycles. The van der Waals surface area contributed by atoms with Crippen molar-refractivity contribution in [2.75, 3.05) is 38.6 Å². The number of likely N-dealkylation sites (tertiary alicyclic amines) is 1. The van der Waals surface area contributed by atoms with Crippen molar-refractivity contribution in [1.82, 2.24) is 10.2 Å². The highest BCUT2D eigenvalue weighted by molar-refractivity contribution is 5.91. The first-order valence-corrected chi connectivity index (χ1v) is 7.57. The van der Waals surface area contributed by atoms with Crippen molar-refractivity contribution in [3.8, 4) is 0 Å². The quantitative estimate of drug-likeness (QED) is 0.751. The Morgan fingerprint density at radius 3 is 2.61 bits per heavy atom. The molecule has 2 rings (SSSR count). The zero-order valence-corrected chi connectivity index (χ0v) is 13.1. The Labute approximate surface area is 135 Å². The van der Waals surface area contributed by atoms with Crippen LogP contribution in [0.1, 0.15) is 23.2 Å². The molecule has 23 heavy (non-hydrogen) atoms. The smallest absolute Gasteiger partial charge is 0.337 e. The molecule has 0 aromatic heterocycles. The van der Waals surface area contributed by atoms with Crippen LogP contribution >= 0.6 is 0 Å². The Bertz CT molecular complexity index is 582. The molecule has 0 bridgehead atoms. The summed E-state index contributed by atoms with van der Waals surface area (Å²) in [6.07, 6.45) is 2.05. The third-order valence-corrected chi connectivity index (χ3v) is 3.63. The summed E-state index contributed by atoms with van der Waals surface area (Å²) in [6, 6.07) is 6.68. The van der Waals surface area contributed by atoms with Gasteiger partial charge in [-0.1, -0.05) is 6.07 Å². The van der Waals surface area contributed by atoms with Crippen molar-refractivity contribution in [3.05, 3.63) is 29.8 Å². The highest BCUT2D eigenvalue weighted by atomic mass is 16.5. The van der Waals surface area contributed by atoms with Crippen LogP contribution in [0.5, 0.6) is 0 Å². The van der Waals surface area contributed by atoms with Gasteiger partial charge in [0.05, 0.1) is 25.8 Å². The molecule has 0 aliphatic carbocycles. The van der Waals surface area contributed by atoms with E-state index in [0.717, 1.165) is 25.9 Å². The van der Waals surface area contributed by atoms with E-state index in [1.54, 1.807) is 29.2 Å². The lowest BCUT2D eigenvalue weighted by molar-refractivity contribution is -0.131. The zero-order valence-electron chi connectivity index (χ0n) is 13.1. The second-order valence-corrected chi connectivity index (χ2v) is 5.29. The molecule has 1 aromatic rings. The first-order chi connectivity index (χ1) is 11.1. The van der Waals surface area contributed by atoms with Gasteiger partial charge in [0.1, 0.15) is 0 Å². The molecule has 0 unspecified atom stereocenters. The predicted molar refractivity (Wildman–Crippen MR) is 85.1 cm³/mol. The normalized spacial score (nSPS) is 13.5. The lowest BCUT2D eigenvalue weighted by Gasteiger charge is -2.15. The Morgan fingerprint density at radius 1 is 1.17 bits per heavy atom. The largest absolute Gasteiger partial charge is 0.465 e. The number of ether oxygens (including phenoxy) is 1. The maximum atomic E-state index is 11.8.